The lowest BCUT2D eigenvalue weighted by Gasteiger charge is -2.35. The van der Waals surface area contributed by atoms with Gasteiger partial charge < -0.3 is 4.90 Å². The highest BCUT2D eigenvalue weighted by Crippen LogP contribution is 2.35. The average Bonchev–Trinajstić information content (AvgIpc) is 3.45. The van der Waals surface area contributed by atoms with Crippen molar-refractivity contribution >= 4 is 31.9 Å². The Morgan fingerprint density at radius 1 is 1.24 bits per heavy atom. The van der Waals surface area contributed by atoms with Crippen molar-refractivity contribution in [3.63, 3.8) is 0 Å². The van der Waals surface area contributed by atoms with Gasteiger partial charge >= 0.3 is 0 Å². The quantitative estimate of drug-likeness (QED) is 0.723. The van der Waals surface area contributed by atoms with Crippen LogP contribution in [0.25, 0.3) is 0 Å². The van der Waals surface area contributed by atoms with Gasteiger partial charge in [0.25, 0.3) is 0 Å². The number of carbonyl (C=O) groups excluding carboxylic acids is 1. The Morgan fingerprint density at radius 2 is 1.88 bits per heavy atom. The summed E-state index contributed by atoms with van der Waals surface area (Å²) < 4.78 is 28.1. The Balaban J connectivity index is 1.71. The molecule has 5 nitrogen and oxygen atoms in total. The van der Waals surface area contributed by atoms with Gasteiger partial charge in [0.05, 0.1) is 10.8 Å². The van der Waals surface area contributed by atoms with Crippen LogP contribution in [0.3, 0.4) is 0 Å². The molecule has 0 radical (unpaired) electrons. The van der Waals surface area contributed by atoms with Gasteiger partial charge in [-0.3, -0.25) is 4.79 Å². The van der Waals surface area contributed by atoms with Crippen LogP contribution in [-0.4, -0.2) is 49.7 Å². The van der Waals surface area contributed by atoms with E-state index in [4.69, 9.17) is 0 Å². The molecule has 0 bridgehead atoms. The molecule has 1 aromatic carbocycles. The van der Waals surface area contributed by atoms with Gasteiger partial charge in [-0.05, 0) is 62.8 Å². The van der Waals surface area contributed by atoms with Crippen LogP contribution < -0.4 is 0 Å². The van der Waals surface area contributed by atoms with Crippen molar-refractivity contribution in [3.8, 4) is 0 Å². The van der Waals surface area contributed by atoms with Crippen LogP contribution in [0.2, 0.25) is 0 Å². The third-order valence-electron chi connectivity index (χ3n) is 5.45. The molecule has 2 fully saturated rings. The maximum absolute atomic E-state index is 12.9. The van der Waals surface area contributed by atoms with Crippen molar-refractivity contribution < 1.29 is 13.2 Å². The van der Waals surface area contributed by atoms with E-state index in [1.165, 1.54) is 17.1 Å². The highest BCUT2D eigenvalue weighted by atomic mass is 79.9. The van der Waals surface area contributed by atoms with Crippen molar-refractivity contribution in [2.45, 2.75) is 43.5 Å². The minimum Gasteiger partial charge on any atom is -0.342 e. The summed E-state index contributed by atoms with van der Waals surface area (Å²) in [5.74, 6) is 0.445. The summed E-state index contributed by atoms with van der Waals surface area (Å²) in [5.41, 5.74) is 0. The van der Waals surface area contributed by atoms with E-state index in [1.807, 2.05) is 11.9 Å². The zero-order valence-electron chi connectivity index (χ0n) is 14.7. The van der Waals surface area contributed by atoms with Crippen LogP contribution in [0, 0.1) is 11.8 Å². The molecule has 1 saturated heterocycles. The Morgan fingerprint density at radius 3 is 2.48 bits per heavy atom. The number of nitrogens with zero attached hydrogens (tertiary/aromatic N) is 2. The number of sulfonamides is 1. The Labute approximate surface area is 158 Å². The Kier molecular flexibility index (Phi) is 5.56. The predicted octanol–water partition coefficient (Wildman–Crippen LogP) is 3.11. The Bertz CT molecular complexity index is 731. The molecule has 1 aliphatic heterocycles. The first-order valence-electron chi connectivity index (χ1n) is 8.83. The summed E-state index contributed by atoms with van der Waals surface area (Å²) in [6.45, 7) is 2.85. The summed E-state index contributed by atoms with van der Waals surface area (Å²) in [5, 5.41) is 0. The smallest absolute Gasteiger partial charge is 0.243 e. The molecular weight excluding hydrogens is 404 g/mol. The standard InChI is InChI=1S/C18H25BrN2O3S/c1-13(14-5-6-14)20(2)18(22)15-4-3-11-21(12-15)25(23,24)17-9-7-16(19)8-10-17/h7-10,13-15H,3-6,11-12H2,1-2H3. The molecule has 0 aromatic heterocycles. The highest BCUT2D eigenvalue weighted by molar-refractivity contribution is 9.10. The molecule has 0 spiro atoms. The molecule has 1 aliphatic carbocycles. The van der Waals surface area contributed by atoms with Gasteiger partial charge in [-0.1, -0.05) is 15.9 Å². The number of hydrogen-bond acceptors (Lipinski definition) is 3. The number of rotatable bonds is 5. The third-order valence-corrected chi connectivity index (χ3v) is 7.86. The molecule has 138 valence electrons. The summed E-state index contributed by atoms with van der Waals surface area (Å²) in [6, 6.07) is 6.90. The number of piperidine rings is 1. The van der Waals surface area contributed by atoms with Crippen molar-refractivity contribution in [2.24, 2.45) is 11.8 Å². The zero-order valence-corrected chi connectivity index (χ0v) is 17.1. The lowest BCUT2D eigenvalue weighted by molar-refractivity contribution is -0.137. The molecule has 1 heterocycles. The average molecular weight is 429 g/mol. The first-order chi connectivity index (χ1) is 11.8. The van der Waals surface area contributed by atoms with E-state index in [2.05, 4.69) is 22.9 Å². The second-order valence-electron chi connectivity index (χ2n) is 7.18. The molecule has 3 rings (SSSR count). The molecule has 1 saturated carbocycles. The minimum atomic E-state index is -3.55. The van der Waals surface area contributed by atoms with Gasteiger partial charge in [0.1, 0.15) is 0 Å². The van der Waals surface area contributed by atoms with Crippen molar-refractivity contribution in [3.05, 3.63) is 28.7 Å². The predicted molar refractivity (Wildman–Crippen MR) is 101 cm³/mol. The molecule has 25 heavy (non-hydrogen) atoms. The van der Waals surface area contributed by atoms with Crippen LogP contribution in [-0.2, 0) is 14.8 Å². The summed E-state index contributed by atoms with van der Waals surface area (Å²) in [4.78, 5) is 14.9. The highest BCUT2D eigenvalue weighted by Gasteiger charge is 2.38. The van der Waals surface area contributed by atoms with Crippen molar-refractivity contribution in [1.82, 2.24) is 9.21 Å². The molecule has 0 N–H and O–H groups in total. The van der Waals surface area contributed by atoms with Crippen LogP contribution in [0.1, 0.15) is 32.6 Å². The maximum atomic E-state index is 12.9. The first kappa shape index (κ1) is 18.9. The van der Waals surface area contributed by atoms with Gasteiger partial charge in [0, 0.05) is 30.7 Å². The fraction of sp³-hybridized carbons (Fsp3) is 0.611. The van der Waals surface area contributed by atoms with Gasteiger partial charge in [-0.25, -0.2) is 8.42 Å². The summed E-state index contributed by atoms with van der Waals surface area (Å²) in [7, 11) is -1.70. The fourth-order valence-corrected chi connectivity index (χ4v) is 5.29. The van der Waals surface area contributed by atoms with Gasteiger partial charge in [-0.15, -0.1) is 0 Å². The zero-order chi connectivity index (χ0) is 18.2. The largest absolute Gasteiger partial charge is 0.342 e. The monoisotopic (exact) mass is 428 g/mol. The van der Waals surface area contributed by atoms with Crippen LogP contribution in [0.4, 0.5) is 0 Å². The van der Waals surface area contributed by atoms with Crippen molar-refractivity contribution in [1.29, 1.82) is 0 Å². The molecule has 1 aromatic rings. The fourth-order valence-electron chi connectivity index (χ4n) is 3.50. The number of carbonyl (C=O) groups is 1. The van der Waals surface area contributed by atoms with E-state index >= 15 is 0 Å². The molecule has 2 atom stereocenters. The third kappa shape index (κ3) is 4.09. The van der Waals surface area contributed by atoms with E-state index in [-0.39, 0.29) is 29.3 Å². The molecule has 7 heteroatoms. The first-order valence-corrected chi connectivity index (χ1v) is 11.1. The minimum absolute atomic E-state index is 0.0788. The van der Waals surface area contributed by atoms with Crippen molar-refractivity contribution in [2.75, 3.05) is 20.1 Å². The van der Waals surface area contributed by atoms with E-state index in [0.29, 0.717) is 12.5 Å². The van der Waals surface area contributed by atoms with Gasteiger partial charge in [0.2, 0.25) is 15.9 Å². The van der Waals surface area contributed by atoms with E-state index < -0.39 is 10.0 Å². The van der Waals surface area contributed by atoms with E-state index in [1.54, 1.807) is 24.3 Å². The second kappa shape index (κ2) is 7.37. The molecular formula is C18H25BrN2O3S. The van der Waals surface area contributed by atoms with Gasteiger partial charge in [0.15, 0.2) is 0 Å². The normalized spacial score (nSPS) is 23.2. The number of amides is 1. The number of benzene rings is 1. The van der Waals surface area contributed by atoms with Crippen LogP contribution in [0.5, 0.6) is 0 Å². The van der Waals surface area contributed by atoms with E-state index in [9.17, 15) is 13.2 Å². The van der Waals surface area contributed by atoms with Crippen LogP contribution >= 0.6 is 15.9 Å². The molecule has 2 unspecified atom stereocenters. The summed E-state index contributed by atoms with van der Waals surface area (Å²) in [6.07, 6.45) is 3.85. The molecule has 1 amide bonds. The topological polar surface area (TPSA) is 57.7 Å². The lowest BCUT2D eigenvalue weighted by atomic mass is 9.97. The maximum Gasteiger partial charge on any atom is 0.243 e. The lowest BCUT2D eigenvalue weighted by Crippen LogP contribution is -2.48. The number of halogens is 1. The van der Waals surface area contributed by atoms with Crippen LogP contribution in [0.15, 0.2) is 33.6 Å². The second-order valence-corrected chi connectivity index (χ2v) is 10.0. The van der Waals surface area contributed by atoms with E-state index in [0.717, 1.165) is 17.3 Å². The Hall–Kier alpha value is -0.920. The SMILES string of the molecule is CC(C1CC1)N(C)C(=O)C1CCCN(S(=O)(=O)c2ccc(Br)cc2)C1. The number of hydrogen-bond donors (Lipinski definition) is 0. The van der Waals surface area contributed by atoms with Gasteiger partial charge in [-0.2, -0.15) is 4.31 Å². The molecule has 2 aliphatic rings. The summed E-state index contributed by atoms with van der Waals surface area (Å²) >= 11 is 3.32.